The van der Waals surface area contributed by atoms with Gasteiger partial charge in [0.1, 0.15) is 11.6 Å². The monoisotopic (exact) mass is 608 g/mol. The average molecular weight is 608 g/mol. The van der Waals surface area contributed by atoms with Crippen molar-refractivity contribution in [3.8, 4) is 0 Å². The molecule has 0 rings (SSSR count). The number of alkyl carbamates (subject to hydrolysis) is 1. The minimum absolute atomic E-state index is 0.0485. The fraction of sp³-hybridized carbons (Fsp3) is 0.861. The highest BCUT2D eigenvalue weighted by molar-refractivity contribution is 5.87. The summed E-state index contributed by atoms with van der Waals surface area (Å²) in [5, 5.41) is 8.77. The van der Waals surface area contributed by atoms with Crippen LogP contribution in [0.4, 0.5) is 4.79 Å². The molecule has 0 heterocycles. The lowest BCUT2D eigenvalue weighted by Gasteiger charge is -2.20. The molecule has 3 amide bonds. The van der Waals surface area contributed by atoms with Crippen molar-refractivity contribution in [2.24, 2.45) is 0 Å². The lowest BCUT2D eigenvalue weighted by Crippen LogP contribution is -2.47. The Labute approximate surface area is 265 Å². The molecule has 0 aliphatic heterocycles. The normalized spacial score (nSPS) is 12.3. The summed E-state index contributed by atoms with van der Waals surface area (Å²) in [6, 6.07) is -0.534. The van der Waals surface area contributed by atoms with Crippen molar-refractivity contribution in [2.45, 2.75) is 188 Å². The predicted octanol–water partition coefficient (Wildman–Crippen LogP) is 9.29. The number of carbonyl (C=O) groups is 3. The van der Waals surface area contributed by atoms with Gasteiger partial charge in [0.2, 0.25) is 11.8 Å². The van der Waals surface area contributed by atoms with E-state index in [-0.39, 0.29) is 11.8 Å². The summed E-state index contributed by atoms with van der Waals surface area (Å²) in [6.45, 7) is 11.1. The zero-order valence-electron chi connectivity index (χ0n) is 28.8. The predicted molar refractivity (Wildman–Crippen MR) is 181 cm³/mol. The molecule has 0 spiro atoms. The highest BCUT2D eigenvalue weighted by Crippen LogP contribution is 2.11. The van der Waals surface area contributed by atoms with Crippen molar-refractivity contribution >= 4 is 17.9 Å². The summed E-state index contributed by atoms with van der Waals surface area (Å²) in [4.78, 5) is 37.4. The molecule has 1 atom stereocenters. The maximum atomic E-state index is 12.9. The van der Waals surface area contributed by atoms with Gasteiger partial charge in [-0.15, -0.1) is 0 Å². The van der Waals surface area contributed by atoms with Crippen LogP contribution >= 0.6 is 0 Å². The highest BCUT2D eigenvalue weighted by atomic mass is 16.6. The number of amides is 3. The van der Waals surface area contributed by atoms with Gasteiger partial charge in [0.05, 0.1) is 0 Å². The quantitative estimate of drug-likeness (QED) is 0.0610. The van der Waals surface area contributed by atoms with E-state index in [1.54, 1.807) is 0 Å². The van der Waals surface area contributed by atoms with Crippen LogP contribution in [-0.2, 0) is 14.3 Å². The number of nitrogens with one attached hydrogen (secondary N) is 3. The topological polar surface area (TPSA) is 96.5 Å². The zero-order valence-corrected chi connectivity index (χ0v) is 28.8. The van der Waals surface area contributed by atoms with E-state index >= 15 is 0 Å². The lowest BCUT2D eigenvalue weighted by atomic mass is 10.1. The van der Waals surface area contributed by atoms with E-state index in [0.29, 0.717) is 32.4 Å². The van der Waals surface area contributed by atoms with Crippen LogP contribution in [-0.4, -0.2) is 42.6 Å². The van der Waals surface area contributed by atoms with E-state index in [4.69, 9.17) is 4.74 Å². The second-order valence-corrected chi connectivity index (χ2v) is 13.1. The first-order chi connectivity index (χ1) is 20.7. The molecule has 0 aliphatic carbocycles. The number of unbranched alkanes of at least 4 members (excludes halogenated alkanes) is 16. The van der Waals surface area contributed by atoms with Crippen LogP contribution in [0, 0.1) is 0 Å². The van der Waals surface area contributed by atoms with Gasteiger partial charge in [-0.3, -0.25) is 9.59 Å². The molecule has 0 bridgehead atoms. The number of hydrogen-bond donors (Lipinski definition) is 3. The van der Waals surface area contributed by atoms with Crippen LogP contribution in [0.3, 0.4) is 0 Å². The molecule has 3 N–H and O–H groups in total. The van der Waals surface area contributed by atoms with Crippen molar-refractivity contribution < 1.29 is 19.1 Å². The first-order valence-electron chi connectivity index (χ1n) is 17.9. The van der Waals surface area contributed by atoms with Crippen molar-refractivity contribution in [3.05, 3.63) is 12.2 Å². The van der Waals surface area contributed by atoms with Gasteiger partial charge in [-0.25, -0.2) is 4.79 Å². The van der Waals surface area contributed by atoms with Gasteiger partial charge in [0, 0.05) is 19.5 Å². The van der Waals surface area contributed by atoms with Crippen LogP contribution in [0.15, 0.2) is 12.2 Å². The second-order valence-electron chi connectivity index (χ2n) is 13.1. The van der Waals surface area contributed by atoms with E-state index in [0.717, 1.165) is 44.9 Å². The van der Waals surface area contributed by atoms with Crippen molar-refractivity contribution in [3.63, 3.8) is 0 Å². The minimum atomic E-state index is -0.534. The molecule has 0 aliphatic rings. The Balaban J connectivity index is 4.23. The highest BCUT2D eigenvalue weighted by Gasteiger charge is 2.20. The van der Waals surface area contributed by atoms with Crippen molar-refractivity contribution in [2.75, 3.05) is 13.1 Å². The Bertz CT molecular complexity index is 718. The summed E-state index contributed by atoms with van der Waals surface area (Å²) < 4.78 is 5.27. The fourth-order valence-corrected chi connectivity index (χ4v) is 4.93. The van der Waals surface area contributed by atoms with Crippen LogP contribution in [0.25, 0.3) is 0 Å². The Morgan fingerprint density at radius 2 is 1.12 bits per heavy atom. The average Bonchev–Trinajstić information content (AvgIpc) is 2.95. The summed E-state index contributed by atoms with van der Waals surface area (Å²) in [6.07, 6.45) is 28.3. The third-order valence-corrected chi connectivity index (χ3v) is 7.48. The van der Waals surface area contributed by atoms with Crippen LogP contribution < -0.4 is 16.0 Å². The number of ether oxygens (including phenoxy) is 1. The van der Waals surface area contributed by atoms with Gasteiger partial charge in [-0.05, 0) is 78.6 Å². The maximum absolute atomic E-state index is 12.9. The molecular weight excluding hydrogens is 538 g/mol. The van der Waals surface area contributed by atoms with E-state index < -0.39 is 17.7 Å². The molecule has 0 aromatic carbocycles. The molecule has 43 heavy (non-hydrogen) atoms. The summed E-state index contributed by atoms with van der Waals surface area (Å²) in [5.74, 6) is -0.152. The molecule has 0 fully saturated rings. The molecule has 0 radical (unpaired) electrons. The Morgan fingerprint density at radius 3 is 1.70 bits per heavy atom. The van der Waals surface area contributed by atoms with Gasteiger partial charge >= 0.3 is 6.09 Å². The number of rotatable bonds is 28. The van der Waals surface area contributed by atoms with Gasteiger partial charge in [-0.1, -0.05) is 103 Å². The molecule has 0 aromatic rings. The van der Waals surface area contributed by atoms with E-state index in [1.807, 2.05) is 20.8 Å². The van der Waals surface area contributed by atoms with Crippen LogP contribution in [0.2, 0.25) is 0 Å². The smallest absolute Gasteiger partial charge is 0.407 e. The minimum Gasteiger partial charge on any atom is -0.444 e. The zero-order chi connectivity index (χ0) is 32.0. The fourth-order valence-electron chi connectivity index (χ4n) is 4.93. The maximum Gasteiger partial charge on any atom is 0.407 e. The van der Waals surface area contributed by atoms with Gasteiger partial charge in [-0.2, -0.15) is 0 Å². The summed E-state index contributed by atoms with van der Waals surface area (Å²) >= 11 is 0. The molecule has 0 saturated carbocycles. The summed E-state index contributed by atoms with van der Waals surface area (Å²) in [5.41, 5.74) is -0.530. The van der Waals surface area contributed by atoms with Gasteiger partial charge < -0.3 is 20.7 Å². The van der Waals surface area contributed by atoms with E-state index in [1.165, 1.54) is 77.0 Å². The molecule has 252 valence electrons. The third kappa shape index (κ3) is 29.8. The largest absolute Gasteiger partial charge is 0.444 e. The van der Waals surface area contributed by atoms with Gasteiger partial charge in [0.15, 0.2) is 0 Å². The van der Waals surface area contributed by atoms with Crippen LogP contribution in [0.5, 0.6) is 0 Å². The van der Waals surface area contributed by atoms with Crippen LogP contribution in [0.1, 0.15) is 176 Å². The SMILES string of the molecule is CCCCCCCCC=CCCCCCCCC(=O)NC(CCCCNC(=O)OC(C)(C)C)C(=O)NCCCCCCC. The first-order valence-corrected chi connectivity index (χ1v) is 17.9. The summed E-state index contributed by atoms with van der Waals surface area (Å²) in [7, 11) is 0. The molecule has 0 aromatic heterocycles. The first kappa shape index (κ1) is 41.0. The van der Waals surface area contributed by atoms with E-state index in [9.17, 15) is 14.4 Å². The van der Waals surface area contributed by atoms with E-state index in [2.05, 4.69) is 41.9 Å². The molecule has 1 unspecified atom stereocenters. The van der Waals surface area contributed by atoms with Crippen molar-refractivity contribution in [1.29, 1.82) is 0 Å². The van der Waals surface area contributed by atoms with Crippen molar-refractivity contribution in [1.82, 2.24) is 16.0 Å². The molecule has 0 saturated heterocycles. The number of hydrogen-bond acceptors (Lipinski definition) is 4. The third-order valence-electron chi connectivity index (χ3n) is 7.48. The Kier molecular flexibility index (Phi) is 27.3. The number of carbonyl (C=O) groups excluding carboxylic acids is 3. The molecule has 7 nitrogen and oxygen atoms in total. The lowest BCUT2D eigenvalue weighted by molar-refractivity contribution is -0.129. The molecular formula is C36H69N3O4. The second kappa shape index (κ2) is 28.7. The standard InChI is InChI=1S/C36H69N3O4/c1-6-8-10-12-13-14-15-16-17-18-19-20-21-22-24-29-33(40)39-32(34(41)37-30-26-23-11-9-7-2)28-25-27-31-38-35(42)43-36(3,4)5/h16-17,32H,6-15,18-31H2,1-5H3,(H,37,41)(H,38,42)(H,39,40). The Hall–Kier alpha value is -2.05. The molecule has 7 heteroatoms. The number of allylic oxidation sites excluding steroid dienone is 2. The van der Waals surface area contributed by atoms with Gasteiger partial charge in [0.25, 0.3) is 0 Å². The Morgan fingerprint density at radius 1 is 0.628 bits per heavy atom.